The molecule has 1 heterocycles. The van der Waals surface area contributed by atoms with Crippen molar-refractivity contribution < 1.29 is 17.9 Å². The van der Waals surface area contributed by atoms with Gasteiger partial charge in [-0.2, -0.15) is 13.2 Å². The van der Waals surface area contributed by atoms with Crippen molar-refractivity contribution in [1.82, 2.24) is 10.2 Å². The largest absolute Gasteiger partial charge is 0.492 e. The topological polar surface area (TPSA) is 47.0 Å². The molecule has 0 unspecified atom stereocenters. The molecule has 0 saturated carbocycles. The highest BCUT2D eigenvalue weighted by molar-refractivity contribution is 7.15. The normalized spacial score (nSPS) is 11.4. The molecule has 0 saturated heterocycles. The number of aryl methyl sites for hydroxylation is 1. The van der Waals surface area contributed by atoms with E-state index in [9.17, 15) is 13.2 Å². The van der Waals surface area contributed by atoms with Crippen molar-refractivity contribution >= 4 is 16.5 Å². The molecule has 8 heteroatoms. The lowest BCUT2D eigenvalue weighted by Crippen LogP contribution is -2.11. The predicted molar refractivity (Wildman–Crippen MR) is 70.1 cm³/mol. The number of nitrogens with one attached hydrogen (secondary N) is 1. The molecule has 0 spiro atoms. The van der Waals surface area contributed by atoms with Crippen LogP contribution in [0.2, 0.25) is 0 Å². The van der Waals surface area contributed by atoms with Crippen molar-refractivity contribution in [1.29, 1.82) is 0 Å². The van der Waals surface area contributed by atoms with Crippen LogP contribution in [0.5, 0.6) is 5.75 Å². The van der Waals surface area contributed by atoms with E-state index in [2.05, 4.69) is 15.5 Å². The van der Waals surface area contributed by atoms with E-state index in [1.807, 2.05) is 31.2 Å². The number of ether oxygens (including phenoxy) is 1. The predicted octanol–water partition coefficient (Wildman–Crippen LogP) is 3.36. The minimum atomic E-state index is -4.45. The first-order chi connectivity index (χ1) is 9.45. The third kappa shape index (κ3) is 4.09. The van der Waals surface area contributed by atoms with E-state index in [0.717, 1.165) is 11.3 Å². The van der Waals surface area contributed by atoms with Gasteiger partial charge in [-0.3, -0.25) is 0 Å². The second kappa shape index (κ2) is 6.08. The summed E-state index contributed by atoms with van der Waals surface area (Å²) in [6.07, 6.45) is -4.45. The summed E-state index contributed by atoms with van der Waals surface area (Å²) in [5.74, 6) is 0.722. The SMILES string of the molecule is Cc1cccc(OCCNc2nnc(C(F)(F)F)s2)c1. The number of alkyl halides is 3. The minimum absolute atomic E-state index is 0.130. The summed E-state index contributed by atoms with van der Waals surface area (Å²) in [5.41, 5.74) is 1.08. The van der Waals surface area contributed by atoms with Gasteiger partial charge >= 0.3 is 6.18 Å². The van der Waals surface area contributed by atoms with Crippen LogP contribution >= 0.6 is 11.3 Å². The molecule has 1 aromatic heterocycles. The highest BCUT2D eigenvalue weighted by Crippen LogP contribution is 2.32. The zero-order valence-corrected chi connectivity index (χ0v) is 11.4. The van der Waals surface area contributed by atoms with Gasteiger partial charge < -0.3 is 10.1 Å². The van der Waals surface area contributed by atoms with Crippen LogP contribution in [-0.2, 0) is 6.18 Å². The van der Waals surface area contributed by atoms with Gasteiger partial charge in [0.15, 0.2) is 0 Å². The molecule has 2 aromatic rings. The molecule has 4 nitrogen and oxygen atoms in total. The van der Waals surface area contributed by atoms with Crippen LogP contribution < -0.4 is 10.1 Å². The van der Waals surface area contributed by atoms with Gasteiger partial charge in [0.25, 0.3) is 0 Å². The van der Waals surface area contributed by atoms with E-state index in [1.54, 1.807) is 0 Å². The van der Waals surface area contributed by atoms with E-state index in [0.29, 0.717) is 24.5 Å². The highest BCUT2D eigenvalue weighted by Gasteiger charge is 2.35. The Hall–Kier alpha value is -1.83. The van der Waals surface area contributed by atoms with Crippen molar-refractivity contribution in [2.75, 3.05) is 18.5 Å². The Morgan fingerprint density at radius 1 is 1.30 bits per heavy atom. The zero-order valence-electron chi connectivity index (χ0n) is 10.6. The standard InChI is InChI=1S/C12H12F3N3OS/c1-8-3-2-4-9(7-8)19-6-5-16-11-18-17-10(20-11)12(13,14)15/h2-4,7H,5-6H2,1H3,(H,16,18). The molecule has 0 atom stereocenters. The molecule has 0 bridgehead atoms. The van der Waals surface area contributed by atoms with Gasteiger partial charge in [-0.15, -0.1) is 10.2 Å². The number of nitrogens with zero attached hydrogens (tertiary/aromatic N) is 2. The maximum absolute atomic E-state index is 12.3. The monoisotopic (exact) mass is 303 g/mol. The summed E-state index contributed by atoms with van der Waals surface area (Å²) in [4.78, 5) is 0. The molecule has 1 aromatic carbocycles. The Kier molecular flexibility index (Phi) is 4.43. The van der Waals surface area contributed by atoms with Crippen LogP contribution in [0.4, 0.5) is 18.3 Å². The van der Waals surface area contributed by atoms with Gasteiger partial charge in [0, 0.05) is 0 Å². The number of hydrogen-bond donors (Lipinski definition) is 1. The van der Waals surface area contributed by atoms with Crippen molar-refractivity contribution in [3.05, 3.63) is 34.8 Å². The second-order valence-corrected chi connectivity index (χ2v) is 4.98. The molecule has 108 valence electrons. The van der Waals surface area contributed by atoms with Gasteiger partial charge in [-0.1, -0.05) is 23.5 Å². The molecule has 2 rings (SSSR count). The molecule has 0 aliphatic rings. The summed E-state index contributed by atoms with van der Waals surface area (Å²) in [7, 11) is 0. The Labute approximate surface area is 117 Å². The number of aromatic nitrogens is 2. The lowest BCUT2D eigenvalue weighted by atomic mass is 10.2. The molecule has 0 radical (unpaired) electrons. The van der Waals surface area contributed by atoms with E-state index >= 15 is 0 Å². The Bertz CT molecular complexity index is 571. The van der Waals surface area contributed by atoms with Crippen LogP contribution in [-0.4, -0.2) is 23.3 Å². The van der Waals surface area contributed by atoms with Crippen molar-refractivity contribution in [2.45, 2.75) is 13.1 Å². The maximum Gasteiger partial charge on any atom is 0.445 e. The number of halogens is 3. The van der Waals surface area contributed by atoms with Gasteiger partial charge in [0.05, 0.1) is 6.54 Å². The smallest absolute Gasteiger partial charge is 0.445 e. The van der Waals surface area contributed by atoms with Crippen molar-refractivity contribution in [3.63, 3.8) is 0 Å². The van der Waals surface area contributed by atoms with E-state index < -0.39 is 11.2 Å². The lowest BCUT2D eigenvalue weighted by Gasteiger charge is -2.06. The molecule has 20 heavy (non-hydrogen) atoms. The summed E-state index contributed by atoms with van der Waals surface area (Å²) in [5, 5.41) is 8.41. The Morgan fingerprint density at radius 3 is 2.75 bits per heavy atom. The van der Waals surface area contributed by atoms with Crippen molar-refractivity contribution in [3.8, 4) is 5.75 Å². The quantitative estimate of drug-likeness (QED) is 0.860. The van der Waals surface area contributed by atoms with Crippen LogP contribution in [0.3, 0.4) is 0 Å². The first-order valence-electron chi connectivity index (χ1n) is 5.79. The summed E-state index contributed by atoms with van der Waals surface area (Å²) < 4.78 is 42.4. The van der Waals surface area contributed by atoms with E-state index in [-0.39, 0.29) is 5.13 Å². The van der Waals surface area contributed by atoms with Crippen LogP contribution in [0, 0.1) is 6.92 Å². The third-order valence-electron chi connectivity index (χ3n) is 2.30. The van der Waals surface area contributed by atoms with Gasteiger partial charge in [-0.05, 0) is 24.6 Å². The molecule has 0 aliphatic heterocycles. The molecule has 0 amide bonds. The molecule has 1 N–H and O–H groups in total. The Morgan fingerprint density at radius 2 is 2.10 bits per heavy atom. The maximum atomic E-state index is 12.3. The summed E-state index contributed by atoms with van der Waals surface area (Å²) in [6.45, 7) is 2.62. The summed E-state index contributed by atoms with van der Waals surface area (Å²) >= 11 is 0.475. The van der Waals surface area contributed by atoms with Crippen LogP contribution in [0.1, 0.15) is 10.6 Å². The summed E-state index contributed by atoms with van der Waals surface area (Å²) in [6, 6.07) is 7.52. The fraction of sp³-hybridized carbons (Fsp3) is 0.333. The zero-order chi connectivity index (χ0) is 14.6. The van der Waals surface area contributed by atoms with Crippen LogP contribution in [0.25, 0.3) is 0 Å². The minimum Gasteiger partial charge on any atom is -0.492 e. The number of anilines is 1. The molecular weight excluding hydrogens is 291 g/mol. The van der Waals surface area contributed by atoms with E-state index in [4.69, 9.17) is 4.74 Å². The fourth-order valence-corrected chi connectivity index (χ4v) is 2.08. The van der Waals surface area contributed by atoms with Crippen LogP contribution in [0.15, 0.2) is 24.3 Å². The van der Waals surface area contributed by atoms with Gasteiger partial charge in [-0.25, -0.2) is 0 Å². The third-order valence-corrected chi connectivity index (χ3v) is 3.23. The number of rotatable bonds is 5. The van der Waals surface area contributed by atoms with Crippen molar-refractivity contribution in [2.24, 2.45) is 0 Å². The molecule has 0 fully saturated rings. The number of benzene rings is 1. The Balaban J connectivity index is 1.77. The highest BCUT2D eigenvalue weighted by atomic mass is 32.1. The van der Waals surface area contributed by atoms with Gasteiger partial charge in [0.1, 0.15) is 12.4 Å². The second-order valence-electron chi connectivity index (χ2n) is 4.00. The first-order valence-corrected chi connectivity index (χ1v) is 6.61. The lowest BCUT2D eigenvalue weighted by molar-refractivity contribution is -0.138. The average molecular weight is 303 g/mol. The first kappa shape index (κ1) is 14.6. The fourth-order valence-electron chi connectivity index (χ4n) is 1.44. The molecule has 0 aliphatic carbocycles. The average Bonchev–Trinajstić information content (AvgIpc) is 2.83. The molecular formula is C12H12F3N3OS. The van der Waals surface area contributed by atoms with E-state index in [1.165, 1.54) is 0 Å². The number of hydrogen-bond acceptors (Lipinski definition) is 5. The van der Waals surface area contributed by atoms with Gasteiger partial charge in [0.2, 0.25) is 10.1 Å².